The number of anilines is 1. The zero-order valence-corrected chi connectivity index (χ0v) is 21.1. The van der Waals surface area contributed by atoms with Gasteiger partial charge in [-0.2, -0.15) is 13.2 Å². The standard InChI is InChI=1S/C25H27F4N3O3S/c1-16-21(24(33)30-18-7-9-19(10-8-18)36(4,34)35)15-32(13-5-12-31(2)3)23(16)20-11-6-17(26)14-22(20)25(27,28)29/h6-11,14-15H,5,12-13H2,1-4H3,(H,30,33). The first-order valence-corrected chi connectivity index (χ1v) is 12.9. The molecule has 0 fully saturated rings. The Balaban J connectivity index is 2.05. The van der Waals surface area contributed by atoms with Gasteiger partial charge in [-0.3, -0.25) is 4.79 Å². The molecule has 1 amide bonds. The molecule has 1 N–H and O–H groups in total. The van der Waals surface area contributed by atoms with Gasteiger partial charge in [0.05, 0.1) is 21.7 Å². The highest BCUT2D eigenvalue weighted by Crippen LogP contribution is 2.40. The molecule has 0 unspecified atom stereocenters. The van der Waals surface area contributed by atoms with E-state index in [2.05, 4.69) is 5.32 Å². The molecule has 1 aromatic heterocycles. The second-order valence-electron chi connectivity index (χ2n) is 8.80. The van der Waals surface area contributed by atoms with E-state index in [4.69, 9.17) is 0 Å². The maximum absolute atomic E-state index is 13.8. The molecule has 194 valence electrons. The fraction of sp³-hybridized carbons (Fsp3) is 0.320. The Hall–Kier alpha value is -3.18. The van der Waals surface area contributed by atoms with Gasteiger partial charge in [-0.15, -0.1) is 0 Å². The average molecular weight is 526 g/mol. The SMILES string of the molecule is Cc1c(C(=O)Nc2ccc(S(C)(=O)=O)cc2)cn(CCCN(C)C)c1-c1ccc(F)cc1C(F)(F)F. The number of benzene rings is 2. The van der Waals surface area contributed by atoms with Crippen LogP contribution in [0.2, 0.25) is 0 Å². The van der Waals surface area contributed by atoms with Crippen LogP contribution in [-0.2, 0) is 22.6 Å². The highest BCUT2D eigenvalue weighted by atomic mass is 32.2. The molecule has 0 aliphatic carbocycles. The molecule has 3 rings (SSSR count). The number of rotatable bonds is 8. The molecule has 0 aliphatic heterocycles. The van der Waals surface area contributed by atoms with Crippen LogP contribution in [0.15, 0.2) is 53.6 Å². The number of hydrogen-bond donors (Lipinski definition) is 1. The fourth-order valence-corrected chi connectivity index (χ4v) is 4.55. The Kier molecular flexibility index (Phi) is 7.94. The summed E-state index contributed by atoms with van der Waals surface area (Å²) < 4.78 is 80.1. The Morgan fingerprint density at radius 1 is 1.08 bits per heavy atom. The Bertz CT molecular complexity index is 1360. The average Bonchev–Trinajstić information content (AvgIpc) is 3.08. The lowest BCUT2D eigenvalue weighted by atomic mass is 9.99. The summed E-state index contributed by atoms with van der Waals surface area (Å²) in [5, 5.41) is 2.66. The summed E-state index contributed by atoms with van der Waals surface area (Å²) in [6.45, 7) is 2.54. The number of halogens is 4. The number of nitrogens with zero attached hydrogens (tertiary/aromatic N) is 2. The number of nitrogens with one attached hydrogen (secondary N) is 1. The normalized spacial score (nSPS) is 12.2. The predicted octanol–water partition coefficient (Wildman–Crippen LogP) is 5.23. The van der Waals surface area contributed by atoms with E-state index in [1.54, 1.807) is 11.5 Å². The number of alkyl halides is 3. The van der Waals surface area contributed by atoms with E-state index in [1.165, 1.54) is 30.5 Å². The van der Waals surface area contributed by atoms with Crippen LogP contribution in [0.25, 0.3) is 11.3 Å². The van der Waals surface area contributed by atoms with Crippen LogP contribution in [-0.4, -0.2) is 50.7 Å². The first-order chi connectivity index (χ1) is 16.7. The molecule has 0 spiro atoms. The van der Waals surface area contributed by atoms with Crippen molar-refractivity contribution >= 4 is 21.4 Å². The molecule has 0 atom stereocenters. The first kappa shape index (κ1) is 27.4. The first-order valence-electron chi connectivity index (χ1n) is 11.0. The number of aryl methyl sites for hydroxylation is 1. The van der Waals surface area contributed by atoms with Crippen LogP contribution in [0.4, 0.5) is 23.2 Å². The van der Waals surface area contributed by atoms with E-state index in [0.717, 1.165) is 18.4 Å². The van der Waals surface area contributed by atoms with Crippen molar-refractivity contribution in [1.29, 1.82) is 0 Å². The molecule has 3 aromatic rings. The minimum atomic E-state index is -4.80. The zero-order valence-electron chi connectivity index (χ0n) is 20.3. The van der Waals surface area contributed by atoms with Crippen molar-refractivity contribution in [2.24, 2.45) is 0 Å². The second kappa shape index (κ2) is 10.4. The Morgan fingerprint density at radius 3 is 2.28 bits per heavy atom. The van der Waals surface area contributed by atoms with Crippen LogP contribution in [0, 0.1) is 12.7 Å². The summed E-state index contributed by atoms with van der Waals surface area (Å²) >= 11 is 0. The highest BCUT2D eigenvalue weighted by Gasteiger charge is 2.36. The molecule has 0 bridgehead atoms. The monoisotopic (exact) mass is 525 g/mol. The van der Waals surface area contributed by atoms with E-state index in [9.17, 15) is 30.8 Å². The molecule has 11 heteroatoms. The van der Waals surface area contributed by atoms with Gasteiger partial charge in [0.1, 0.15) is 5.82 Å². The van der Waals surface area contributed by atoms with Gasteiger partial charge in [-0.1, -0.05) is 0 Å². The predicted molar refractivity (Wildman–Crippen MR) is 130 cm³/mol. The summed E-state index contributed by atoms with van der Waals surface area (Å²) in [5.74, 6) is -1.58. The molecule has 0 aliphatic rings. The van der Waals surface area contributed by atoms with E-state index in [-0.39, 0.29) is 21.7 Å². The fourth-order valence-electron chi connectivity index (χ4n) is 3.92. The molecule has 2 aromatic carbocycles. The largest absolute Gasteiger partial charge is 0.417 e. The number of sulfone groups is 1. The van der Waals surface area contributed by atoms with Crippen molar-refractivity contribution in [2.45, 2.75) is 31.0 Å². The summed E-state index contributed by atoms with van der Waals surface area (Å²) in [6, 6.07) is 8.06. The minimum absolute atomic E-state index is 0.0852. The third-order valence-electron chi connectivity index (χ3n) is 5.66. The van der Waals surface area contributed by atoms with Crippen LogP contribution >= 0.6 is 0 Å². The smallest absolute Gasteiger partial charge is 0.346 e. The molecule has 0 saturated carbocycles. The topological polar surface area (TPSA) is 71.4 Å². The third-order valence-corrected chi connectivity index (χ3v) is 6.79. The number of carbonyl (C=O) groups is 1. The van der Waals surface area contributed by atoms with Crippen LogP contribution in [0.5, 0.6) is 0 Å². The van der Waals surface area contributed by atoms with Gasteiger partial charge in [-0.05, 0) is 82.0 Å². The molecular formula is C25H27F4N3O3S. The summed E-state index contributed by atoms with van der Waals surface area (Å²) in [6.07, 6.45) is -1.64. The molecule has 0 saturated heterocycles. The highest BCUT2D eigenvalue weighted by molar-refractivity contribution is 7.90. The van der Waals surface area contributed by atoms with Crippen molar-refractivity contribution in [3.8, 4) is 11.3 Å². The van der Waals surface area contributed by atoms with Gasteiger partial charge in [-0.25, -0.2) is 12.8 Å². The van der Waals surface area contributed by atoms with Gasteiger partial charge >= 0.3 is 6.18 Å². The number of aromatic nitrogens is 1. The third kappa shape index (κ3) is 6.33. The van der Waals surface area contributed by atoms with Crippen molar-refractivity contribution < 1.29 is 30.8 Å². The quantitative estimate of drug-likeness (QED) is 0.409. The maximum atomic E-state index is 13.8. The minimum Gasteiger partial charge on any atom is -0.346 e. The van der Waals surface area contributed by atoms with Gasteiger partial charge in [0.2, 0.25) is 0 Å². The van der Waals surface area contributed by atoms with E-state index < -0.39 is 33.3 Å². The van der Waals surface area contributed by atoms with Gasteiger partial charge in [0.15, 0.2) is 9.84 Å². The van der Waals surface area contributed by atoms with E-state index in [0.29, 0.717) is 36.8 Å². The number of carbonyl (C=O) groups excluding carboxylic acids is 1. The number of amides is 1. The van der Waals surface area contributed by atoms with Gasteiger partial charge in [0, 0.05) is 30.2 Å². The van der Waals surface area contributed by atoms with Crippen LogP contribution in [0.1, 0.15) is 27.9 Å². The van der Waals surface area contributed by atoms with Crippen molar-refractivity contribution in [3.05, 3.63) is 71.2 Å². The van der Waals surface area contributed by atoms with Crippen molar-refractivity contribution in [1.82, 2.24) is 9.47 Å². The second-order valence-corrected chi connectivity index (χ2v) is 10.8. The Morgan fingerprint density at radius 2 is 1.72 bits per heavy atom. The van der Waals surface area contributed by atoms with Crippen LogP contribution in [0.3, 0.4) is 0 Å². The summed E-state index contributed by atoms with van der Waals surface area (Å²) in [4.78, 5) is 15.1. The molecule has 1 heterocycles. The maximum Gasteiger partial charge on any atom is 0.417 e. The van der Waals surface area contributed by atoms with Crippen molar-refractivity contribution in [2.75, 3.05) is 32.2 Å². The summed E-state index contributed by atoms with van der Waals surface area (Å²) in [5.41, 5.74) is -0.379. The lowest BCUT2D eigenvalue weighted by molar-refractivity contribution is -0.137. The van der Waals surface area contributed by atoms with Gasteiger partial charge < -0.3 is 14.8 Å². The lowest BCUT2D eigenvalue weighted by Crippen LogP contribution is -2.15. The molecule has 0 radical (unpaired) electrons. The molecular weight excluding hydrogens is 498 g/mol. The molecule has 6 nitrogen and oxygen atoms in total. The van der Waals surface area contributed by atoms with Crippen LogP contribution < -0.4 is 5.32 Å². The number of hydrogen-bond acceptors (Lipinski definition) is 4. The lowest BCUT2D eigenvalue weighted by Gasteiger charge is -2.17. The summed E-state index contributed by atoms with van der Waals surface area (Å²) in [7, 11) is 0.333. The van der Waals surface area contributed by atoms with Crippen molar-refractivity contribution in [3.63, 3.8) is 0 Å². The zero-order chi connectivity index (χ0) is 26.8. The van der Waals surface area contributed by atoms with Gasteiger partial charge in [0.25, 0.3) is 5.91 Å². The Labute approximate surface area is 207 Å². The van der Waals surface area contributed by atoms with E-state index in [1.807, 2.05) is 19.0 Å². The molecule has 36 heavy (non-hydrogen) atoms. The van der Waals surface area contributed by atoms with E-state index >= 15 is 0 Å².